The number of benzene rings is 1. The number of hydrogen-bond donors (Lipinski definition) is 1. The zero-order chi connectivity index (χ0) is 14.3. The van der Waals surface area contributed by atoms with E-state index in [9.17, 15) is 13.2 Å². The van der Waals surface area contributed by atoms with Crippen LogP contribution in [0.15, 0.2) is 24.3 Å². The van der Waals surface area contributed by atoms with Crippen LogP contribution in [-0.4, -0.2) is 18.8 Å². The number of rotatable bonds is 7. The highest BCUT2D eigenvalue weighted by Crippen LogP contribution is 2.23. The van der Waals surface area contributed by atoms with Crippen LogP contribution >= 0.6 is 11.6 Å². The van der Waals surface area contributed by atoms with Gasteiger partial charge in [0.15, 0.2) is 0 Å². The summed E-state index contributed by atoms with van der Waals surface area (Å²) in [4.78, 5) is 0. The summed E-state index contributed by atoms with van der Waals surface area (Å²) in [5.41, 5.74) is 1.05. The first-order valence-corrected chi connectivity index (χ1v) is 6.83. The van der Waals surface area contributed by atoms with Crippen molar-refractivity contribution in [3.8, 4) is 0 Å². The van der Waals surface area contributed by atoms with Gasteiger partial charge < -0.3 is 5.32 Å². The van der Waals surface area contributed by atoms with Crippen molar-refractivity contribution in [2.24, 2.45) is 0 Å². The Labute approximate surface area is 117 Å². The molecular formula is C14H19ClF3N. The molecule has 0 spiro atoms. The number of halogens is 4. The zero-order valence-electron chi connectivity index (χ0n) is 10.9. The van der Waals surface area contributed by atoms with Gasteiger partial charge in [-0.3, -0.25) is 0 Å². The first kappa shape index (κ1) is 16.3. The second kappa shape index (κ2) is 7.75. The molecule has 0 saturated heterocycles. The molecule has 1 aromatic rings. The predicted octanol–water partition coefficient (Wildman–Crippen LogP) is 4.59. The van der Waals surface area contributed by atoms with Gasteiger partial charge >= 0.3 is 6.18 Å². The van der Waals surface area contributed by atoms with Crippen LogP contribution in [0.3, 0.4) is 0 Å². The monoisotopic (exact) mass is 293 g/mol. The van der Waals surface area contributed by atoms with Crippen molar-refractivity contribution < 1.29 is 13.2 Å². The maximum absolute atomic E-state index is 12.1. The van der Waals surface area contributed by atoms with Crippen LogP contribution in [0.5, 0.6) is 0 Å². The van der Waals surface area contributed by atoms with E-state index in [0.29, 0.717) is 17.9 Å². The molecule has 0 aromatic heterocycles. The molecule has 108 valence electrons. The van der Waals surface area contributed by atoms with Crippen molar-refractivity contribution in [3.63, 3.8) is 0 Å². The summed E-state index contributed by atoms with van der Waals surface area (Å²) in [6.45, 7) is 2.70. The van der Waals surface area contributed by atoms with Crippen LogP contribution in [-0.2, 0) is 6.42 Å². The molecule has 0 bridgehead atoms. The number of likely N-dealkylation sites (N-methyl/N-ethyl adjacent to an activating group) is 1. The van der Waals surface area contributed by atoms with Gasteiger partial charge in [-0.1, -0.05) is 30.7 Å². The van der Waals surface area contributed by atoms with E-state index >= 15 is 0 Å². The lowest BCUT2D eigenvalue weighted by Gasteiger charge is -2.18. The van der Waals surface area contributed by atoms with E-state index in [1.807, 2.05) is 25.1 Å². The normalized spacial score (nSPS) is 13.5. The second-order valence-corrected chi connectivity index (χ2v) is 5.03. The molecule has 1 nitrogen and oxygen atoms in total. The Hall–Kier alpha value is -0.740. The number of nitrogens with one attached hydrogen (secondary N) is 1. The Balaban J connectivity index is 2.48. The van der Waals surface area contributed by atoms with Crippen LogP contribution in [0.4, 0.5) is 13.2 Å². The Morgan fingerprint density at radius 2 is 2.05 bits per heavy atom. The minimum Gasteiger partial charge on any atom is -0.314 e. The maximum atomic E-state index is 12.1. The lowest BCUT2D eigenvalue weighted by molar-refractivity contribution is -0.135. The highest BCUT2D eigenvalue weighted by molar-refractivity contribution is 6.30. The van der Waals surface area contributed by atoms with E-state index in [4.69, 9.17) is 11.6 Å². The van der Waals surface area contributed by atoms with Gasteiger partial charge in [0.2, 0.25) is 0 Å². The van der Waals surface area contributed by atoms with Crippen LogP contribution in [0.25, 0.3) is 0 Å². The molecule has 1 rings (SSSR count). The van der Waals surface area contributed by atoms with Crippen molar-refractivity contribution in [2.45, 2.75) is 44.8 Å². The minimum absolute atomic E-state index is 0.0609. The smallest absolute Gasteiger partial charge is 0.314 e. The topological polar surface area (TPSA) is 12.0 Å². The van der Waals surface area contributed by atoms with Gasteiger partial charge in [-0.05, 0) is 43.5 Å². The molecule has 1 atom stereocenters. The third-order valence-corrected chi connectivity index (χ3v) is 3.11. The largest absolute Gasteiger partial charge is 0.389 e. The van der Waals surface area contributed by atoms with E-state index in [2.05, 4.69) is 5.32 Å². The first-order valence-electron chi connectivity index (χ1n) is 6.45. The highest BCUT2D eigenvalue weighted by atomic mass is 35.5. The minimum atomic E-state index is -4.06. The van der Waals surface area contributed by atoms with Crippen molar-refractivity contribution in [1.29, 1.82) is 0 Å². The van der Waals surface area contributed by atoms with Gasteiger partial charge in [0.25, 0.3) is 0 Å². The van der Waals surface area contributed by atoms with Crippen LogP contribution < -0.4 is 5.32 Å². The Morgan fingerprint density at radius 1 is 1.32 bits per heavy atom. The summed E-state index contributed by atoms with van der Waals surface area (Å²) in [6, 6.07) is 7.51. The highest BCUT2D eigenvalue weighted by Gasteiger charge is 2.26. The van der Waals surface area contributed by atoms with Crippen LogP contribution in [0.2, 0.25) is 5.02 Å². The Bertz CT molecular complexity index is 379. The van der Waals surface area contributed by atoms with E-state index in [1.54, 1.807) is 6.07 Å². The fourth-order valence-corrected chi connectivity index (χ4v) is 2.28. The average Bonchev–Trinajstić information content (AvgIpc) is 2.27. The summed E-state index contributed by atoms with van der Waals surface area (Å²) >= 11 is 5.90. The first-order chi connectivity index (χ1) is 8.90. The SMILES string of the molecule is CCNC(CCCC(F)(F)F)Cc1cccc(Cl)c1. The molecule has 0 fully saturated rings. The molecule has 0 aliphatic heterocycles. The zero-order valence-corrected chi connectivity index (χ0v) is 11.7. The fraction of sp³-hybridized carbons (Fsp3) is 0.571. The Morgan fingerprint density at radius 3 is 2.63 bits per heavy atom. The quantitative estimate of drug-likeness (QED) is 0.775. The molecular weight excluding hydrogens is 275 g/mol. The van der Waals surface area contributed by atoms with Gasteiger partial charge in [0.05, 0.1) is 0 Å². The molecule has 0 saturated carbocycles. The molecule has 0 radical (unpaired) electrons. The summed E-state index contributed by atoms with van der Waals surface area (Å²) < 4.78 is 36.4. The molecule has 19 heavy (non-hydrogen) atoms. The van der Waals surface area contributed by atoms with Crippen molar-refractivity contribution in [3.05, 3.63) is 34.9 Å². The molecule has 1 unspecified atom stereocenters. The third-order valence-electron chi connectivity index (χ3n) is 2.88. The molecule has 0 amide bonds. The van der Waals surface area contributed by atoms with E-state index in [0.717, 1.165) is 12.1 Å². The van der Waals surface area contributed by atoms with Gasteiger partial charge in [-0.25, -0.2) is 0 Å². The number of hydrogen-bond acceptors (Lipinski definition) is 1. The van der Waals surface area contributed by atoms with Crippen molar-refractivity contribution in [2.75, 3.05) is 6.54 Å². The second-order valence-electron chi connectivity index (χ2n) is 4.60. The van der Waals surface area contributed by atoms with Gasteiger partial charge in [-0.15, -0.1) is 0 Å². The summed E-state index contributed by atoms with van der Waals surface area (Å²) in [5, 5.41) is 3.88. The van der Waals surface area contributed by atoms with Crippen molar-refractivity contribution >= 4 is 11.6 Å². The average molecular weight is 294 g/mol. The van der Waals surface area contributed by atoms with Gasteiger partial charge in [0, 0.05) is 17.5 Å². The molecule has 5 heteroatoms. The van der Waals surface area contributed by atoms with Crippen LogP contribution in [0, 0.1) is 0 Å². The maximum Gasteiger partial charge on any atom is 0.389 e. The molecule has 0 heterocycles. The number of alkyl halides is 3. The molecule has 1 N–H and O–H groups in total. The predicted molar refractivity (Wildman–Crippen MR) is 72.5 cm³/mol. The molecule has 0 aliphatic carbocycles. The van der Waals surface area contributed by atoms with Gasteiger partial charge in [-0.2, -0.15) is 13.2 Å². The summed E-state index contributed by atoms with van der Waals surface area (Å²) in [6.07, 6.45) is -3.41. The van der Waals surface area contributed by atoms with Crippen molar-refractivity contribution in [1.82, 2.24) is 5.32 Å². The lowest BCUT2D eigenvalue weighted by atomic mass is 10.0. The van der Waals surface area contributed by atoms with E-state index in [-0.39, 0.29) is 12.5 Å². The molecule has 0 aliphatic rings. The lowest BCUT2D eigenvalue weighted by Crippen LogP contribution is -2.31. The fourth-order valence-electron chi connectivity index (χ4n) is 2.06. The van der Waals surface area contributed by atoms with Crippen LogP contribution in [0.1, 0.15) is 31.7 Å². The Kier molecular flexibility index (Phi) is 6.66. The summed E-state index contributed by atoms with van der Waals surface area (Å²) in [5.74, 6) is 0. The third kappa shape index (κ3) is 7.43. The molecule has 1 aromatic carbocycles. The van der Waals surface area contributed by atoms with Gasteiger partial charge in [0.1, 0.15) is 0 Å². The van der Waals surface area contributed by atoms with E-state index < -0.39 is 12.6 Å². The van der Waals surface area contributed by atoms with E-state index in [1.165, 1.54) is 0 Å². The summed E-state index contributed by atoms with van der Waals surface area (Å²) in [7, 11) is 0. The standard InChI is InChI=1S/C14H19ClF3N/c1-2-19-13(7-4-8-14(16,17)18)10-11-5-3-6-12(15)9-11/h3,5-6,9,13,19H,2,4,7-8,10H2,1H3.